The van der Waals surface area contributed by atoms with Crippen LogP contribution in [-0.4, -0.2) is 21.1 Å². The van der Waals surface area contributed by atoms with Crippen LogP contribution in [0.4, 0.5) is 10.1 Å². The number of halogens is 1. The van der Waals surface area contributed by atoms with Gasteiger partial charge in [0.1, 0.15) is 17.4 Å². The van der Waals surface area contributed by atoms with E-state index in [2.05, 4.69) is 4.98 Å². The number of aromatic nitrogens is 2. The number of fused-ring (bicyclic) bond motifs is 1. The SMILES string of the molecule is Cc1nc2cc(F)cc(N)c2c(=O)n1C1CCC(=O)CC1=O. The third-order valence-electron chi connectivity index (χ3n) is 3.93. The molecule has 1 aromatic carbocycles. The highest BCUT2D eigenvalue weighted by molar-refractivity contribution is 6.03. The Balaban J connectivity index is 2.25. The molecular formula is C15H14FN3O3. The zero-order chi connectivity index (χ0) is 16.0. The van der Waals surface area contributed by atoms with Gasteiger partial charge in [-0.25, -0.2) is 9.37 Å². The molecule has 1 saturated carbocycles. The first-order valence-electron chi connectivity index (χ1n) is 6.90. The number of Topliss-reactive ketones (excluding diaryl/α,β-unsaturated/α-hetero) is 2. The van der Waals surface area contributed by atoms with Crippen LogP contribution in [0.5, 0.6) is 0 Å². The van der Waals surface area contributed by atoms with Gasteiger partial charge in [-0.1, -0.05) is 0 Å². The van der Waals surface area contributed by atoms with Crippen molar-refractivity contribution in [2.45, 2.75) is 32.2 Å². The van der Waals surface area contributed by atoms with Crippen molar-refractivity contribution in [2.75, 3.05) is 5.73 Å². The van der Waals surface area contributed by atoms with Gasteiger partial charge in [-0.05, 0) is 19.4 Å². The summed E-state index contributed by atoms with van der Waals surface area (Å²) in [5.74, 6) is -0.700. The van der Waals surface area contributed by atoms with Crippen LogP contribution in [0.15, 0.2) is 16.9 Å². The van der Waals surface area contributed by atoms with Crippen LogP contribution < -0.4 is 11.3 Å². The summed E-state index contributed by atoms with van der Waals surface area (Å²) in [6, 6.07) is 1.47. The lowest BCUT2D eigenvalue weighted by molar-refractivity contribution is -0.132. The van der Waals surface area contributed by atoms with Crippen molar-refractivity contribution in [1.82, 2.24) is 9.55 Å². The molecule has 1 aromatic heterocycles. The van der Waals surface area contributed by atoms with E-state index < -0.39 is 17.4 Å². The van der Waals surface area contributed by atoms with E-state index in [1.807, 2.05) is 0 Å². The Kier molecular flexibility index (Phi) is 3.27. The zero-order valence-electron chi connectivity index (χ0n) is 11.9. The summed E-state index contributed by atoms with van der Waals surface area (Å²) in [4.78, 5) is 40.3. The normalized spacial score (nSPS) is 18.9. The molecule has 2 N–H and O–H groups in total. The van der Waals surface area contributed by atoms with E-state index in [4.69, 9.17) is 5.73 Å². The molecule has 3 rings (SSSR count). The van der Waals surface area contributed by atoms with Crippen LogP contribution in [-0.2, 0) is 9.59 Å². The van der Waals surface area contributed by atoms with Crippen LogP contribution in [0, 0.1) is 12.7 Å². The predicted molar refractivity (Wildman–Crippen MR) is 78.0 cm³/mol. The standard InChI is InChI=1S/C15H14FN3O3/c1-7-18-11-5-8(16)4-10(17)14(11)15(22)19(7)12-3-2-9(20)6-13(12)21/h4-5,12H,2-3,6,17H2,1H3. The zero-order valence-corrected chi connectivity index (χ0v) is 11.9. The van der Waals surface area contributed by atoms with Crippen LogP contribution >= 0.6 is 0 Å². The van der Waals surface area contributed by atoms with E-state index in [1.165, 1.54) is 4.57 Å². The van der Waals surface area contributed by atoms with Crippen molar-refractivity contribution in [3.8, 4) is 0 Å². The Hall–Kier alpha value is -2.57. The molecule has 0 amide bonds. The number of nitrogens with zero attached hydrogens (tertiary/aromatic N) is 2. The van der Waals surface area contributed by atoms with Gasteiger partial charge in [0.25, 0.3) is 5.56 Å². The number of rotatable bonds is 1. The van der Waals surface area contributed by atoms with Crippen molar-refractivity contribution in [2.24, 2.45) is 0 Å². The van der Waals surface area contributed by atoms with Crippen molar-refractivity contribution < 1.29 is 14.0 Å². The Morgan fingerprint density at radius 2 is 2.05 bits per heavy atom. The first-order valence-corrected chi connectivity index (χ1v) is 6.90. The average Bonchev–Trinajstić information content (AvgIpc) is 2.39. The van der Waals surface area contributed by atoms with E-state index in [1.54, 1.807) is 6.92 Å². The number of carbonyl (C=O) groups excluding carboxylic acids is 2. The van der Waals surface area contributed by atoms with Gasteiger partial charge in [-0.3, -0.25) is 19.0 Å². The molecule has 1 atom stereocenters. The maximum atomic E-state index is 13.4. The third-order valence-corrected chi connectivity index (χ3v) is 3.93. The fourth-order valence-electron chi connectivity index (χ4n) is 2.93. The van der Waals surface area contributed by atoms with Gasteiger partial charge in [0.2, 0.25) is 0 Å². The van der Waals surface area contributed by atoms with Crippen LogP contribution in [0.2, 0.25) is 0 Å². The molecule has 0 saturated heterocycles. The minimum Gasteiger partial charge on any atom is -0.398 e. The highest BCUT2D eigenvalue weighted by atomic mass is 19.1. The van der Waals surface area contributed by atoms with Gasteiger partial charge < -0.3 is 5.73 Å². The van der Waals surface area contributed by atoms with Crippen molar-refractivity contribution in [1.29, 1.82) is 0 Å². The Labute approximate surface area is 124 Å². The summed E-state index contributed by atoms with van der Waals surface area (Å²) in [7, 11) is 0. The smallest absolute Gasteiger partial charge is 0.264 e. The highest BCUT2D eigenvalue weighted by Crippen LogP contribution is 2.25. The number of nitrogen functional groups attached to an aromatic ring is 1. The van der Waals surface area contributed by atoms with Gasteiger partial charge in [0.15, 0.2) is 5.78 Å². The summed E-state index contributed by atoms with van der Waals surface area (Å²) in [6.07, 6.45) is 0.347. The van der Waals surface area contributed by atoms with Crippen molar-refractivity contribution in [3.63, 3.8) is 0 Å². The maximum Gasteiger partial charge on any atom is 0.264 e. The van der Waals surface area contributed by atoms with Gasteiger partial charge in [-0.15, -0.1) is 0 Å². The van der Waals surface area contributed by atoms with Crippen molar-refractivity contribution in [3.05, 3.63) is 34.1 Å². The molecule has 1 unspecified atom stereocenters. The van der Waals surface area contributed by atoms with Crippen LogP contribution in [0.25, 0.3) is 10.9 Å². The summed E-state index contributed by atoms with van der Waals surface area (Å²) < 4.78 is 14.7. The number of benzene rings is 1. The quantitative estimate of drug-likeness (QED) is 0.632. The monoisotopic (exact) mass is 303 g/mol. The molecule has 1 heterocycles. The molecule has 1 fully saturated rings. The Bertz CT molecular complexity index is 872. The molecule has 22 heavy (non-hydrogen) atoms. The first-order chi connectivity index (χ1) is 10.4. The average molecular weight is 303 g/mol. The molecule has 1 aliphatic rings. The number of hydrogen-bond donors (Lipinski definition) is 1. The molecule has 0 aliphatic heterocycles. The lowest BCUT2D eigenvalue weighted by Crippen LogP contribution is -2.36. The second kappa shape index (κ2) is 5.01. The maximum absolute atomic E-state index is 13.4. The number of anilines is 1. The first kappa shape index (κ1) is 14.4. The summed E-state index contributed by atoms with van der Waals surface area (Å²) in [5, 5.41) is 0.0942. The minimum atomic E-state index is -0.716. The molecule has 2 aromatic rings. The Morgan fingerprint density at radius 1 is 1.32 bits per heavy atom. The van der Waals surface area contributed by atoms with Crippen molar-refractivity contribution >= 4 is 28.2 Å². The van der Waals surface area contributed by atoms with Gasteiger partial charge in [-0.2, -0.15) is 0 Å². The molecule has 7 heteroatoms. The molecule has 6 nitrogen and oxygen atoms in total. The van der Waals surface area contributed by atoms with Crippen LogP contribution in [0.3, 0.4) is 0 Å². The molecule has 0 bridgehead atoms. The number of carbonyl (C=O) groups is 2. The number of aryl methyl sites for hydroxylation is 1. The van der Waals surface area contributed by atoms with E-state index in [0.717, 1.165) is 12.1 Å². The third kappa shape index (κ3) is 2.18. The molecule has 0 radical (unpaired) electrons. The fourth-order valence-corrected chi connectivity index (χ4v) is 2.93. The fraction of sp³-hybridized carbons (Fsp3) is 0.333. The molecule has 0 spiro atoms. The summed E-state index contributed by atoms with van der Waals surface area (Å²) in [5.41, 5.74) is 5.40. The largest absolute Gasteiger partial charge is 0.398 e. The van der Waals surface area contributed by atoms with Gasteiger partial charge in [0.05, 0.1) is 23.4 Å². The van der Waals surface area contributed by atoms with E-state index in [0.29, 0.717) is 5.82 Å². The van der Waals surface area contributed by atoms with E-state index in [-0.39, 0.29) is 47.4 Å². The number of ketones is 2. The summed E-state index contributed by atoms with van der Waals surface area (Å²) in [6.45, 7) is 1.58. The minimum absolute atomic E-state index is 0.0133. The van der Waals surface area contributed by atoms with Gasteiger partial charge in [0, 0.05) is 18.2 Å². The van der Waals surface area contributed by atoms with E-state index >= 15 is 0 Å². The molecular weight excluding hydrogens is 289 g/mol. The highest BCUT2D eigenvalue weighted by Gasteiger charge is 2.30. The summed E-state index contributed by atoms with van der Waals surface area (Å²) >= 11 is 0. The second-order valence-electron chi connectivity index (χ2n) is 5.46. The molecule has 1 aliphatic carbocycles. The van der Waals surface area contributed by atoms with E-state index in [9.17, 15) is 18.8 Å². The molecule has 114 valence electrons. The predicted octanol–water partition coefficient (Wildman–Crippen LogP) is 1.29. The number of hydrogen-bond acceptors (Lipinski definition) is 5. The second-order valence-corrected chi connectivity index (χ2v) is 5.46. The lowest BCUT2D eigenvalue weighted by Gasteiger charge is -2.24. The Morgan fingerprint density at radius 3 is 2.73 bits per heavy atom. The lowest BCUT2D eigenvalue weighted by atomic mass is 9.92. The van der Waals surface area contributed by atoms with Gasteiger partial charge >= 0.3 is 0 Å². The topological polar surface area (TPSA) is 95.0 Å². The number of nitrogens with two attached hydrogens (primary N) is 1. The van der Waals surface area contributed by atoms with Crippen LogP contribution in [0.1, 0.15) is 31.1 Å².